The van der Waals surface area contributed by atoms with Gasteiger partial charge in [0.05, 0.1) is 19.3 Å². The van der Waals surface area contributed by atoms with E-state index in [1.165, 1.54) is 0 Å². The Morgan fingerprint density at radius 3 is 2.76 bits per heavy atom. The fourth-order valence-electron chi connectivity index (χ4n) is 2.50. The van der Waals surface area contributed by atoms with Crippen LogP contribution in [0.4, 0.5) is 5.69 Å². The summed E-state index contributed by atoms with van der Waals surface area (Å²) < 4.78 is 5.27. The van der Waals surface area contributed by atoms with E-state index in [0.717, 1.165) is 36.9 Å². The van der Waals surface area contributed by atoms with Crippen LogP contribution in [0.3, 0.4) is 0 Å². The average molecular weight is 311 g/mol. The fourth-order valence-corrected chi connectivity index (χ4v) is 2.68. The summed E-state index contributed by atoms with van der Waals surface area (Å²) in [5.74, 6) is 0. The number of benzene rings is 1. The number of β-amino-alcohol motifs (C(OH)–C–C–N with tert-alkyl or cyclic N) is 1. The second kappa shape index (κ2) is 8.39. The third kappa shape index (κ3) is 5.32. The number of nitrogens with zero attached hydrogens (tertiary/aromatic N) is 2. The van der Waals surface area contributed by atoms with Gasteiger partial charge in [-0.05, 0) is 18.2 Å². The molecular weight excluding hydrogens is 288 g/mol. The third-order valence-electron chi connectivity index (χ3n) is 3.56. The molecule has 1 saturated heterocycles. The molecule has 1 atom stereocenters. The molecule has 21 heavy (non-hydrogen) atoms. The van der Waals surface area contributed by atoms with Gasteiger partial charge in [0.2, 0.25) is 0 Å². The second-order valence-corrected chi connectivity index (χ2v) is 5.68. The zero-order valence-electron chi connectivity index (χ0n) is 12.2. The van der Waals surface area contributed by atoms with Gasteiger partial charge in [0.25, 0.3) is 0 Å². The molecule has 0 radical (unpaired) electrons. The van der Waals surface area contributed by atoms with Crippen LogP contribution in [0.25, 0.3) is 0 Å². The SMILES string of the molecule is C=CCOC[C@@H](O)CN1CCN(c2cccc(Cl)c2)CC1. The summed E-state index contributed by atoms with van der Waals surface area (Å²) in [6, 6.07) is 7.94. The van der Waals surface area contributed by atoms with E-state index in [1.807, 2.05) is 18.2 Å². The first-order valence-electron chi connectivity index (χ1n) is 7.28. The molecule has 0 aromatic heterocycles. The normalized spacial score (nSPS) is 17.7. The van der Waals surface area contributed by atoms with Crippen molar-refractivity contribution in [2.75, 3.05) is 50.8 Å². The van der Waals surface area contributed by atoms with Crippen LogP contribution in [0.1, 0.15) is 0 Å². The molecule has 0 amide bonds. The minimum Gasteiger partial charge on any atom is -0.389 e. The Kier molecular flexibility index (Phi) is 6.51. The Labute approximate surface area is 131 Å². The molecule has 0 aliphatic carbocycles. The first kappa shape index (κ1) is 16.3. The van der Waals surface area contributed by atoms with Crippen LogP contribution in [0, 0.1) is 0 Å². The van der Waals surface area contributed by atoms with Crippen LogP contribution in [0.2, 0.25) is 5.02 Å². The quantitative estimate of drug-likeness (QED) is 0.617. The molecule has 1 aromatic carbocycles. The molecule has 4 nitrogen and oxygen atoms in total. The molecule has 0 bridgehead atoms. The highest BCUT2D eigenvalue weighted by molar-refractivity contribution is 6.30. The predicted molar refractivity (Wildman–Crippen MR) is 87.1 cm³/mol. The molecule has 1 aliphatic heterocycles. The fraction of sp³-hybridized carbons (Fsp3) is 0.500. The Morgan fingerprint density at radius 1 is 1.33 bits per heavy atom. The van der Waals surface area contributed by atoms with Crippen molar-refractivity contribution in [1.29, 1.82) is 0 Å². The van der Waals surface area contributed by atoms with Crippen LogP contribution < -0.4 is 4.90 Å². The van der Waals surface area contributed by atoms with Crippen LogP contribution in [0.5, 0.6) is 0 Å². The number of rotatable bonds is 7. The minimum absolute atomic E-state index is 0.362. The summed E-state index contributed by atoms with van der Waals surface area (Å²) in [6.07, 6.45) is 1.25. The van der Waals surface area contributed by atoms with E-state index in [1.54, 1.807) is 6.08 Å². The Hall–Kier alpha value is -1.07. The zero-order valence-corrected chi connectivity index (χ0v) is 13.0. The number of anilines is 1. The van der Waals surface area contributed by atoms with Gasteiger partial charge in [-0.2, -0.15) is 0 Å². The molecule has 2 rings (SSSR count). The number of hydrogen-bond acceptors (Lipinski definition) is 4. The molecule has 0 spiro atoms. The predicted octanol–water partition coefficient (Wildman–Crippen LogP) is 2.03. The van der Waals surface area contributed by atoms with Gasteiger partial charge >= 0.3 is 0 Å². The summed E-state index contributed by atoms with van der Waals surface area (Å²) in [5.41, 5.74) is 1.16. The van der Waals surface area contributed by atoms with Crippen LogP contribution in [-0.2, 0) is 4.74 Å². The molecule has 1 aromatic rings. The van der Waals surface area contributed by atoms with Crippen molar-refractivity contribution in [1.82, 2.24) is 4.90 Å². The number of ether oxygens (including phenoxy) is 1. The molecule has 1 aliphatic rings. The second-order valence-electron chi connectivity index (χ2n) is 5.25. The highest BCUT2D eigenvalue weighted by Crippen LogP contribution is 2.20. The number of aliphatic hydroxyl groups is 1. The minimum atomic E-state index is -0.442. The molecule has 116 valence electrons. The van der Waals surface area contributed by atoms with Gasteiger partial charge < -0.3 is 14.7 Å². The lowest BCUT2D eigenvalue weighted by molar-refractivity contribution is 0.0252. The van der Waals surface area contributed by atoms with E-state index in [9.17, 15) is 5.11 Å². The lowest BCUT2D eigenvalue weighted by Gasteiger charge is -2.36. The maximum Gasteiger partial charge on any atom is 0.0900 e. The topological polar surface area (TPSA) is 35.9 Å². The van der Waals surface area contributed by atoms with Gasteiger partial charge in [-0.25, -0.2) is 0 Å². The van der Waals surface area contributed by atoms with Crippen molar-refractivity contribution in [2.45, 2.75) is 6.10 Å². The van der Waals surface area contributed by atoms with E-state index in [-0.39, 0.29) is 0 Å². The zero-order chi connectivity index (χ0) is 15.1. The van der Waals surface area contributed by atoms with E-state index in [0.29, 0.717) is 19.8 Å². The van der Waals surface area contributed by atoms with Crippen LogP contribution in [-0.4, -0.2) is 62.0 Å². The smallest absolute Gasteiger partial charge is 0.0900 e. The van der Waals surface area contributed by atoms with Crippen LogP contribution >= 0.6 is 11.6 Å². The summed E-state index contributed by atoms with van der Waals surface area (Å²) >= 11 is 6.03. The van der Waals surface area contributed by atoms with Crippen molar-refractivity contribution in [3.8, 4) is 0 Å². The van der Waals surface area contributed by atoms with Crippen molar-refractivity contribution in [3.05, 3.63) is 41.9 Å². The summed E-state index contributed by atoms with van der Waals surface area (Å²) in [7, 11) is 0. The molecule has 1 fully saturated rings. The van der Waals surface area contributed by atoms with Crippen molar-refractivity contribution < 1.29 is 9.84 Å². The van der Waals surface area contributed by atoms with Gasteiger partial charge in [-0.3, -0.25) is 4.90 Å². The number of piperazine rings is 1. The lowest BCUT2D eigenvalue weighted by atomic mass is 10.2. The first-order chi connectivity index (χ1) is 10.2. The number of hydrogen-bond donors (Lipinski definition) is 1. The number of halogens is 1. The van der Waals surface area contributed by atoms with E-state index in [2.05, 4.69) is 22.4 Å². The monoisotopic (exact) mass is 310 g/mol. The maximum absolute atomic E-state index is 9.92. The Balaban J connectivity index is 1.74. The lowest BCUT2D eigenvalue weighted by Crippen LogP contribution is -2.49. The van der Waals surface area contributed by atoms with Gasteiger partial charge in [-0.15, -0.1) is 6.58 Å². The summed E-state index contributed by atoms with van der Waals surface area (Å²) in [4.78, 5) is 4.59. The van der Waals surface area contributed by atoms with Gasteiger partial charge in [0.15, 0.2) is 0 Å². The van der Waals surface area contributed by atoms with Crippen molar-refractivity contribution in [3.63, 3.8) is 0 Å². The van der Waals surface area contributed by atoms with E-state index >= 15 is 0 Å². The third-order valence-corrected chi connectivity index (χ3v) is 3.80. The van der Waals surface area contributed by atoms with E-state index < -0.39 is 6.10 Å². The summed E-state index contributed by atoms with van der Waals surface area (Å²) in [5, 5.41) is 10.7. The van der Waals surface area contributed by atoms with E-state index in [4.69, 9.17) is 16.3 Å². The highest BCUT2D eigenvalue weighted by Gasteiger charge is 2.19. The van der Waals surface area contributed by atoms with Gasteiger partial charge in [0, 0.05) is 43.4 Å². The molecule has 1 N–H and O–H groups in total. The number of aliphatic hydroxyl groups excluding tert-OH is 1. The van der Waals surface area contributed by atoms with Crippen LogP contribution in [0.15, 0.2) is 36.9 Å². The highest BCUT2D eigenvalue weighted by atomic mass is 35.5. The average Bonchev–Trinajstić information content (AvgIpc) is 2.48. The molecule has 5 heteroatoms. The first-order valence-corrected chi connectivity index (χ1v) is 7.66. The van der Waals surface area contributed by atoms with Crippen molar-refractivity contribution >= 4 is 17.3 Å². The maximum atomic E-state index is 9.92. The summed E-state index contributed by atoms with van der Waals surface area (Å²) in [6.45, 7) is 8.85. The van der Waals surface area contributed by atoms with Gasteiger partial charge in [0.1, 0.15) is 0 Å². The molecule has 1 heterocycles. The standard InChI is InChI=1S/C16H23ClN2O2/c1-2-10-21-13-16(20)12-18-6-8-19(9-7-18)15-5-3-4-14(17)11-15/h2-5,11,16,20H,1,6-10,12-13H2/t16-/m0/s1. The molecule has 0 unspecified atom stereocenters. The largest absolute Gasteiger partial charge is 0.389 e. The molecule has 0 saturated carbocycles. The van der Waals surface area contributed by atoms with Crippen molar-refractivity contribution in [2.24, 2.45) is 0 Å². The molecular formula is C16H23ClN2O2. The Bertz CT molecular complexity index is 448. The van der Waals surface area contributed by atoms with Gasteiger partial charge in [-0.1, -0.05) is 23.7 Å². The Morgan fingerprint density at radius 2 is 2.10 bits per heavy atom.